The Morgan fingerprint density at radius 3 is 2.81 bits per heavy atom. The molecule has 0 radical (unpaired) electrons. The largest absolute Gasteiger partial charge is 0.333 e. The van der Waals surface area contributed by atoms with Gasteiger partial charge in [-0.1, -0.05) is 18.2 Å². The van der Waals surface area contributed by atoms with E-state index in [1.807, 2.05) is 42.4 Å². The summed E-state index contributed by atoms with van der Waals surface area (Å²) in [6, 6.07) is 8.29. The Hall–Kier alpha value is -2.34. The Bertz CT molecular complexity index is 767. The first kappa shape index (κ1) is 18.5. The molecule has 0 aliphatic carbocycles. The van der Waals surface area contributed by atoms with Crippen LogP contribution in [0.2, 0.25) is 0 Å². The van der Waals surface area contributed by atoms with Crippen LogP contribution >= 0.6 is 0 Å². The van der Waals surface area contributed by atoms with Gasteiger partial charge in [0, 0.05) is 31.4 Å². The molecule has 1 aliphatic rings. The fraction of sp³-hybridized carbons (Fsp3) is 0.500. The van der Waals surface area contributed by atoms with Crippen LogP contribution in [0.15, 0.2) is 30.6 Å². The fourth-order valence-electron chi connectivity index (χ4n) is 3.15. The first-order chi connectivity index (χ1) is 12.5. The molecule has 2 aromatic rings. The van der Waals surface area contributed by atoms with Gasteiger partial charge in [-0.25, -0.2) is 9.78 Å². The average molecular weight is 355 g/mol. The topological polar surface area (TPSA) is 53.4 Å². The molecule has 0 fully saturated rings. The third-order valence-corrected chi connectivity index (χ3v) is 5.16. The van der Waals surface area contributed by atoms with Gasteiger partial charge in [0.15, 0.2) is 0 Å². The SMILES string of the molecule is Cc1ccccc1NC(=O)N1CCCn2cnc(CN(C)C(C)C)c2C1. The molecule has 140 valence electrons. The van der Waals surface area contributed by atoms with E-state index in [-0.39, 0.29) is 6.03 Å². The van der Waals surface area contributed by atoms with Crippen LogP contribution < -0.4 is 5.32 Å². The Labute approximate surface area is 155 Å². The highest BCUT2D eigenvalue weighted by Crippen LogP contribution is 2.20. The van der Waals surface area contributed by atoms with Gasteiger partial charge >= 0.3 is 6.03 Å². The van der Waals surface area contributed by atoms with Gasteiger partial charge in [-0.15, -0.1) is 0 Å². The number of amides is 2. The van der Waals surface area contributed by atoms with Gasteiger partial charge in [0.05, 0.1) is 24.3 Å². The van der Waals surface area contributed by atoms with Gasteiger partial charge in [0.2, 0.25) is 0 Å². The Balaban J connectivity index is 1.75. The number of nitrogens with one attached hydrogen (secondary N) is 1. The number of imidazole rings is 1. The van der Waals surface area contributed by atoms with Crippen LogP contribution in [-0.2, 0) is 19.6 Å². The number of hydrogen-bond acceptors (Lipinski definition) is 3. The number of hydrogen-bond donors (Lipinski definition) is 1. The summed E-state index contributed by atoms with van der Waals surface area (Å²) in [7, 11) is 2.11. The highest BCUT2D eigenvalue weighted by molar-refractivity contribution is 5.90. The molecule has 1 aromatic heterocycles. The van der Waals surface area contributed by atoms with Crippen molar-refractivity contribution in [2.45, 2.75) is 52.9 Å². The number of fused-ring (bicyclic) bond motifs is 1. The number of rotatable bonds is 4. The second kappa shape index (κ2) is 7.91. The molecule has 0 atom stereocenters. The molecular formula is C20H29N5O. The van der Waals surface area contributed by atoms with Gasteiger partial charge in [0.1, 0.15) is 0 Å². The number of carbonyl (C=O) groups excluding carboxylic acids is 1. The van der Waals surface area contributed by atoms with Crippen molar-refractivity contribution in [3.8, 4) is 0 Å². The summed E-state index contributed by atoms with van der Waals surface area (Å²) in [6.07, 6.45) is 2.85. The standard InChI is InChI=1S/C20H29N5O/c1-15(2)23(4)12-18-19-13-24(10-7-11-25(19)14-21-18)20(26)22-17-9-6-5-8-16(17)3/h5-6,8-9,14-15H,7,10-13H2,1-4H3,(H,22,26). The van der Waals surface area contributed by atoms with Crippen molar-refractivity contribution in [2.24, 2.45) is 0 Å². The van der Waals surface area contributed by atoms with Crippen LogP contribution in [0.1, 0.15) is 37.2 Å². The van der Waals surface area contributed by atoms with Crippen molar-refractivity contribution in [1.29, 1.82) is 0 Å². The van der Waals surface area contributed by atoms with E-state index in [1.165, 1.54) is 0 Å². The van der Waals surface area contributed by atoms with E-state index in [4.69, 9.17) is 0 Å². The number of anilines is 1. The van der Waals surface area contributed by atoms with Crippen LogP contribution in [0.3, 0.4) is 0 Å². The van der Waals surface area contributed by atoms with Crippen molar-refractivity contribution in [3.05, 3.63) is 47.5 Å². The monoisotopic (exact) mass is 355 g/mol. The first-order valence-corrected chi connectivity index (χ1v) is 9.30. The highest BCUT2D eigenvalue weighted by Gasteiger charge is 2.23. The van der Waals surface area contributed by atoms with E-state index in [1.54, 1.807) is 0 Å². The summed E-state index contributed by atoms with van der Waals surface area (Å²) in [5, 5.41) is 3.06. The van der Waals surface area contributed by atoms with Crippen LogP contribution in [-0.4, -0.2) is 45.0 Å². The quantitative estimate of drug-likeness (QED) is 0.914. The average Bonchev–Trinajstić information content (AvgIpc) is 2.85. The second-order valence-electron chi connectivity index (χ2n) is 7.36. The molecule has 26 heavy (non-hydrogen) atoms. The van der Waals surface area contributed by atoms with E-state index in [9.17, 15) is 4.79 Å². The zero-order chi connectivity index (χ0) is 18.7. The van der Waals surface area contributed by atoms with Crippen molar-refractivity contribution >= 4 is 11.7 Å². The summed E-state index contributed by atoms with van der Waals surface area (Å²) in [4.78, 5) is 21.6. The predicted octanol–water partition coefficient (Wildman–Crippen LogP) is 3.47. The maximum Gasteiger partial charge on any atom is 0.322 e. The van der Waals surface area contributed by atoms with Gasteiger partial charge in [-0.3, -0.25) is 4.90 Å². The normalized spacial score (nSPS) is 14.5. The highest BCUT2D eigenvalue weighted by atomic mass is 16.2. The molecular weight excluding hydrogens is 326 g/mol. The molecule has 0 saturated heterocycles. The minimum absolute atomic E-state index is 0.0443. The summed E-state index contributed by atoms with van der Waals surface area (Å²) < 4.78 is 2.20. The number of benzene rings is 1. The molecule has 1 aromatic carbocycles. The zero-order valence-electron chi connectivity index (χ0n) is 16.2. The smallest absolute Gasteiger partial charge is 0.322 e. The number of aromatic nitrogens is 2. The molecule has 1 aliphatic heterocycles. The number of carbonyl (C=O) groups is 1. The van der Waals surface area contributed by atoms with Gasteiger partial charge < -0.3 is 14.8 Å². The number of nitrogens with zero attached hydrogens (tertiary/aromatic N) is 4. The molecule has 0 bridgehead atoms. The van der Waals surface area contributed by atoms with E-state index in [2.05, 4.69) is 40.7 Å². The molecule has 0 spiro atoms. The fourth-order valence-corrected chi connectivity index (χ4v) is 3.15. The van der Waals surface area contributed by atoms with E-state index in [0.717, 1.165) is 48.7 Å². The summed E-state index contributed by atoms with van der Waals surface area (Å²) >= 11 is 0. The van der Waals surface area contributed by atoms with Crippen molar-refractivity contribution in [3.63, 3.8) is 0 Å². The summed E-state index contributed by atoms with van der Waals surface area (Å²) in [5.74, 6) is 0. The first-order valence-electron chi connectivity index (χ1n) is 9.30. The van der Waals surface area contributed by atoms with Crippen molar-refractivity contribution in [2.75, 3.05) is 18.9 Å². The lowest BCUT2D eigenvalue weighted by Crippen LogP contribution is -2.35. The molecule has 6 heteroatoms. The van der Waals surface area contributed by atoms with Crippen LogP contribution in [0.5, 0.6) is 0 Å². The molecule has 3 rings (SSSR count). The Morgan fingerprint density at radius 2 is 2.08 bits per heavy atom. The lowest BCUT2D eigenvalue weighted by Gasteiger charge is -2.23. The van der Waals surface area contributed by atoms with Crippen molar-refractivity contribution in [1.82, 2.24) is 19.4 Å². The zero-order valence-corrected chi connectivity index (χ0v) is 16.2. The number of aryl methyl sites for hydroxylation is 2. The van der Waals surface area contributed by atoms with E-state index < -0.39 is 0 Å². The Morgan fingerprint density at radius 1 is 1.31 bits per heavy atom. The van der Waals surface area contributed by atoms with Crippen LogP contribution in [0, 0.1) is 6.92 Å². The number of para-hydroxylation sites is 1. The summed E-state index contributed by atoms with van der Waals surface area (Å²) in [5.41, 5.74) is 4.15. The molecule has 0 saturated carbocycles. The minimum Gasteiger partial charge on any atom is -0.333 e. The van der Waals surface area contributed by atoms with Crippen LogP contribution in [0.4, 0.5) is 10.5 Å². The van der Waals surface area contributed by atoms with Gasteiger partial charge in [0.25, 0.3) is 0 Å². The van der Waals surface area contributed by atoms with Gasteiger partial charge in [-0.2, -0.15) is 0 Å². The molecule has 2 heterocycles. The molecule has 6 nitrogen and oxygen atoms in total. The third-order valence-electron chi connectivity index (χ3n) is 5.16. The van der Waals surface area contributed by atoms with Gasteiger partial charge in [-0.05, 0) is 45.9 Å². The maximum absolute atomic E-state index is 12.8. The lowest BCUT2D eigenvalue weighted by atomic mass is 10.2. The van der Waals surface area contributed by atoms with Crippen LogP contribution in [0.25, 0.3) is 0 Å². The Kier molecular flexibility index (Phi) is 5.61. The molecule has 0 unspecified atom stereocenters. The molecule has 1 N–H and O–H groups in total. The lowest BCUT2D eigenvalue weighted by molar-refractivity contribution is 0.209. The predicted molar refractivity (Wildman–Crippen MR) is 104 cm³/mol. The third kappa shape index (κ3) is 4.07. The van der Waals surface area contributed by atoms with E-state index in [0.29, 0.717) is 12.6 Å². The maximum atomic E-state index is 12.8. The summed E-state index contributed by atoms with van der Waals surface area (Å²) in [6.45, 7) is 9.41. The van der Waals surface area contributed by atoms with E-state index >= 15 is 0 Å². The number of urea groups is 1. The minimum atomic E-state index is -0.0443. The van der Waals surface area contributed by atoms with Crippen molar-refractivity contribution < 1.29 is 4.79 Å². The molecule has 2 amide bonds. The second-order valence-corrected chi connectivity index (χ2v) is 7.36.